The molecule has 3 rings (SSSR count). The number of anilines is 1. The molecule has 0 radical (unpaired) electrons. The molecule has 30 heavy (non-hydrogen) atoms. The van der Waals surface area contributed by atoms with E-state index in [0.29, 0.717) is 35.4 Å². The number of rotatable bonds is 6. The topological polar surface area (TPSA) is 75.7 Å². The molecule has 3 amide bonds. The maximum absolute atomic E-state index is 12.9. The van der Waals surface area contributed by atoms with E-state index in [1.54, 1.807) is 19.1 Å². The molecule has 1 N–H and O–H groups in total. The summed E-state index contributed by atoms with van der Waals surface area (Å²) in [4.78, 5) is 37.9. The fourth-order valence-electron chi connectivity index (χ4n) is 2.61. The summed E-state index contributed by atoms with van der Waals surface area (Å²) in [7, 11) is 0. The van der Waals surface area contributed by atoms with E-state index in [9.17, 15) is 18.8 Å². The van der Waals surface area contributed by atoms with Crippen LogP contribution in [-0.2, 0) is 9.59 Å². The van der Waals surface area contributed by atoms with E-state index in [1.807, 2.05) is 0 Å². The Kier molecular flexibility index (Phi) is 7.02. The number of nitrogens with one attached hydrogen (secondary N) is 1. The Morgan fingerprint density at radius 1 is 1.20 bits per heavy atom. The lowest BCUT2D eigenvalue weighted by Gasteiger charge is -2.12. The van der Waals surface area contributed by atoms with Crippen molar-refractivity contribution in [2.24, 2.45) is 0 Å². The average molecular weight is 469 g/mol. The van der Waals surface area contributed by atoms with Crippen molar-refractivity contribution in [2.75, 3.05) is 18.5 Å². The minimum Gasteiger partial charge on any atom is -0.491 e. The van der Waals surface area contributed by atoms with Gasteiger partial charge in [-0.3, -0.25) is 19.3 Å². The summed E-state index contributed by atoms with van der Waals surface area (Å²) < 4.78 is 18.3. The molecule has 0 spiro atoms. The van der Waals surface area contributed by atoms with E-state index < -0.39 is 29.4 Å². The van der Waals surface area contributed by atoms with E-state index >= 15 is 0 Å². The van der Waals surface area contributed by atoms with Crippen molar-refractivity contribution >= 4 is 63.8 Å². The fraction of sp³-hybridized carbons (Fsp3) is 0.150. The smallest absolute Gasteiger partial charge is 0.294 e. The van der Waals surface area contributed by atoms with Crippen LogP contribution in [0.1, 0.15) is 12.5 Å². The SMILES string of the molecule is CCOc1c(Cl)cc(/C=C2\SC(=O)N(CC(=O)Nc3ccc(F)cc3)C2=O)cc1Cl. The summed E-state index contributed by atoms with van der Waals surface area (Å²) >= 11 is 13.0. The Hall–Kier alpha value is -2.55. The van der Waals surface area contributed by atoms with Crippen molar-refractivity contribution < 1.29 is 23.5 Å². The molecule has 0 atom stereocenters. The molecular formula is C20H15Cl2FN2O4S. The molecule has 6 nitrogen and oxygen atoms in total. The Morgan fingerprint density at radius 3 is 2.43 bits per heavy atom. The number of carbonyl (C=O) groups excluding carboxylic acids is 3. The number of ether oxygens (including phenoxy) is 1. The summed E-state index contributed by atoms with van der Waals surface area (Å²) in [6.07, 6.45) is 1.47. The Bertz CT molecular complexity index is 1020. The number of imide groups is 1. The van der Waals surface area contributed by atoms with Crippen molar-refractivity contribution in [3.8, 4) is 5.75 Å². The second kappa shape index (κ2) is 9.51. The van der Waals surface area contributed by atoms with Crippen LogP contribution in [0.25, 0.3) is 6.08 Å². The highest BCUT2D eigenvalue weighted by Crippen LogP contribution is 2.37. The van der Waals surface area contributed by atoms with E-state index in [4.69, 9.17) is 27.9 Å². The van der Waals surface area contributed by atoms with Gasteiger partial charge in [0.25, 0.3) is 11.1 Å². The highest BCUT2D eigenvalue weighted by molar-refractivity contribution is 8.18. The minimum absolute atomic E-state index is 0.130. The minimum atomic E-state index is -0.611. The lowest BCUT2D eigenvalue weighted by molar-refractivity contribution is -0.127. The van der Waals surface area contributed by atoms with Crippen LogP contribution in [0.15, 0.2) is 41.3 Å². The van der Waals surface area contributed by atoms with Crippen molar-refractivity contribution in [1.82, 2.24) is 4.90 Å². The zero-order valence-corrected chi connectivity index (χ0v) is 17.9. The van der Waals surface area contributed by atoms with Gasteiger partial charge in [0.05, 0.1) is 21.6 Å². The number of carbonyl (C=O) groups is 3. The van der Waals surface area contributed by atoms with E-state index in [-0.39, 0.29) is 15.0 Å². The fourth-order valence-corrected chi connectivity index (χ4v) is 4.06. The van der Waals surface area contributed by atoms with Crippen LogP contribution in [0, 0.1) is 5.82 Å². The molecule has 1 aliphatic rings. The first kappa shape index (κ1) is 22.1. The van der Waals surface area contributed by atoms with Gasteiger partial charge in [-0.05, 0) is 66.7 Å². The predicted molar refractivity (Wildman–Crippen MR) is 115 cm³/mol. The first-order valence-electron chi connectivity index (χ1n) is 8.71. The molecule has 156 valence electrons. The third-order valence-electron chi connectivity index (χ3n) is 3.91. The molecule has 1 saturated heterocycles. The van der Waals surface area contributed by atoms with Crippen LogP contribution >= 0.6 is 35.0 Å². The highest BCUT2D eigenvalue weighted by atomic mass is 35.5. The summed E-state index contributed by atoms with van der Waals surface area (Å²) in [5.74, 6) is -1.31. The third-order valence-corrected chi connectivity index (χ3v) is 5.38. The number of hydrogen-bond acceptors (Lipinski definition) is 5. The standard InChI is InChI=1S/C20H15Cl2FN2O4S/c1-2-29-18-14(21)7-11(8-15(18)22)9-16-19(27)25(20(28)30-16)10-17(26)24-13-5-3-12(23)4-6-13/h3-9H,2,10H2,1H3,(H,24,26)/b16-9-. The van der Waals surface area contributed by atoms with Gasteiger partial charge in [-0.15, -0.1) is 0 Å². The second-order valence-corrected chi connectivity index (χ2v) is 7.88. The normalized spacial score (nSPS) is 15.1. The number of thioether (sulfide) groups is 1. The van der Waals surface area contributed by atoms with Crippen LogP contribution < -0.4 is 10.1 Å². The van der Waals surface area contributed by atoms with Crippen molar-refractivity contribution in [3.05, 3.63) is 62.7 Å². The Labute approximate surface area is 186 Å². The molecule has 0 aromatic heterocycles. The zero-order chi connectivity index (χ0) is 21.8. The summed E-state index contributed by atoms with van der Waals surface area (Å²) in [5, 5.41) is 2.47. The molecule has 10 heteroatoms. The van der Waals surface area contributed by atoms with Crippen LogP contribution in [0.3, 0.4) is 0 Å². The molecule has 1 fully saturated rings. The first-order valence-corrected chi connectivity index (χ1v) is 10.3. The highest BCUT2D eigenvalue weighted by Gasteiger charge is 2.36. The molecule has 2 aromatic carbocycles. The monoisotopic (exact) mass is 468 g/mol. The molecule has 0 saturated carbocycles. The first-order chi connectivity index (χ1) is 14.3. The average Bonchev–Trinajstić information content (AvgIpc) is 2.94. The molecule has 2 aromatic rings. The van der Waals surface area contributed by atoms with Crippen LogP contribution in [0.4, 0.5) is 14.9 Å². The predicted octanol–water partition coefficient (Wildman–Crippen LogP) is 5.21. The van der Waals surface area contributed by atoms with Crippen molar-refractivity contribution in [1.29, 1.82) is 0 Å². The van der Waals surface area contributed by atoms with E-state index in [2.05, 4.69) is 5.32 Å². The molecule has 0 unspecified atom stereocenters. The van der Waals surface area contributed by atoms with Gasteiger partial charge in [0.15, 0.2) is 5.75 Å². The Morgan fingerprint density at radius 2 is 1.83 bits per heavy atom. The quantitative estimate of drug-likeness (QED) is 0.589. The van der Waals surface area contributed by atoms with Crippen LogP contribution in [-0.4, -0.2) is 35.1 Å². The van der Waals surface area contributed by atoms with Crippen LogP contribution in [0.5, 0.6) is 5.75 Å². The van der Waals surface area contributed by atoms with E-state index in [1.165, 1.54) is 30.3 Å². The third kappa shape index (κ3) is 5.13. The van der Waals surface area contributed by atoms with Crippen molar-refractivity contribution in [2.45, 2.75) is 6.92 Å². The van der Waals surface area contributed by atoms with Gasteiger partial charge in [0.1, 0.15) is 12.4 Å². The Balaban J connectivity index is 1.72. The van der Waals surface area contributed by atoms with Gasteiger partial charge in [0, 0.05) is 5.69 Å². The van der Waals surface area contributed by atoms with Gasteiger partial charge in [-0.2, -0.15) is 0 Å². The maximum Gasteiger partial charge on any atom is 0.294 e. The van der Waals surface area contributed by atoms with Crippen LogP contribution in [0.2, 0.25) is 10.0 Å². The number of benzene rings is 2. The number of halogens is 3. The summed E-state index contributed by atoms with van der Waals surface area (Å²) in [6.45, 7) is 1.71. The number of nitrogens with zero attached hydrogens (tertiary/aromatic N) is 1. The molecular weight excluding hydrogens is 454 g/mol. The maximum atomic E-state index is 12.9. The number of hydrogen-bond donors (Lipinski definition) is 1. The van der Waals surface area contributed by atoms with Gasteiger partial charge in [-0.1, -0.05) is 23.2 Å². The zero-order valence-electron chi connectivity index (χ0n) is 15.6. The lowest BCUT2D eigenvalue weighted by atomic mass is 10.2. The molecule has 1 heterocycles. The van der Waals surface area contributed by atoms with Crippen molar-refractivity contribution in [3.63, 3.8) is 0 Å². The van der Waals surface area contributed by atoms with Gasteiger partial charge in [0.2, 0.25) is 5.91 Å². The summed E-state index contributed by atoms with van der Waals surface area (Å²) in [6, 6.07) is 8.25. The largest absolute Gasteiger partial charge is 0.491 e. The molecule has 0 aliphatic carbocycles. The summed E-state index contributed by atoms with van der Waals surface area (Å²) in [5.41, 5.74) is 0.859. The second-order valence-electron chi connectivity index (χ2n) is 6.07. The number of amides is 3. The lowest BCUT2D eigenvalue weighted by Crippen LogP contribution is -2.36. The van der Waals surface area contributed by atoms with E-state index in [0.717, 1.165) is 4.90 Å². The van der Waals surface area contributed by atoms with Gasteiger partial charge >= 0.3 is 0 Å². The van der Waals surface area contributed by atoms with Gasteiger partial charge in [-0.25, -0.2) is 4.39 Å². The molecule has 1 aliphatic heterocycles. The molecule has 0 bridgehead atoms. The van der Waals surface area contributed by atoms with Gasteiger partial charge < -0.3 is 10.1 Å².